The van der Waals surface area contributed by atoms with Crippen LogP contribution >= 0.6 is 0 Å². The highest BCUT2D eigenvalue weighted by atomic mass is 16.5. The summed E-state index contributed by atoms with van der Waals surface area (Å²) in [5.74, 6) is 1.74. The van der Waals surface area contributed by atoms with Gasteiger partial charge in [0.05, 0.1) is 27.5 Å². The molecule has 5 rings (SSSR count). The first-order chi connectivity index (χ1) is 16.2. The second-order valence-corrected chi connectivity index (χ2v) is 7.87. The van der Waals surface area contributed by atoms with Crippen molar-refractivity contribution in [2.75, 3.05) is 52.4 Å². The third-order valence-electron chi connectivity index (χ3n) is 6.01. The molecule has 1 aliphatic rings. The van der Waals surface area contributed by atoms with Gasteiger partial charge in [0.2, 0.25) is 5.75 Å². The van der Waals surface area contributed by atoms with Crippen LogP contribution in [0.2, 0.25) is 0 Å². The van der Waals surface area contributed by atoms with Gasteiger partial charge in [-0.3, -0.25) is 0 Å². The van der Waals surface area contributed by atoms with E-state index in [4.69, 9.17) is 19.2 Å². The Balaban J connectivity index is 1.47. The predicted octanol–water partition coefficient (Wildman–Crippen LogP) is 3.50. The molecule has 3 heterocycles. The number of rotatable bonds is 6. The number of methoxy groups -OCH3 is 3. The highest BCUT2D eigenvalue weighted by molar-refractivity contribution is 5.81. The number of aromatic nitrogens is 3. The number of fused-ring (bicyclic) bond motifs is 1. The quantitative estimate of drug-likeness (QED) is 0.487. The van der Waals surface area contributed by atoms with Crippen LogP contribution in [0.4, 0.5) is 5.69 Å². The Morgan fingerprint density at radius 3 is 2.15 bits per heavy atom. The molecule has 0 unspecified atom stereocenters. The van der Waals surface area contributed by atoms with E-state index in [1.54, 1.807) is 32.0 Å². The van der Waals surface area contributed by atoms with Gasteiger partial charge in [0.1, 0.15) is 0 Å². The van der Waals surface area contributed by atoms with Crippen molar-refractivity contribution in [2.24, 2.45) is 0 Å². The molecule has 170 valence electrons. The number of hydrogen-bond acceptors (Lipinski definition) is 7. The van der Waals surface area contributed by atoms with Gasteiger partial charge in [-0.1, -0.05) is 12.1 Å². The van der Waals surface area contributed by atoms with Crippen molar-refractivity contribution in [1.29, 1.82) is 0 Å². The van der Waals surface area contributed by atoms with Crippen molar-refractivity contribution in [3.63, 3.8) is 0 Å². The van der Waals surface area contributed by atoms with Crippen molar-refractivity contribution < 1.29 is 14.2 Å². The van der Waals surface area contributed by atoms with Gasteiger partial charge in [-0.2, -0.15) is 5.10 Å². The monoisotopic (exact) mass is 445 g/mol. The minimum Gasteiger partial charge on any atom is -0.493 e. The van der Waals surface area contributed by atoms with Crippen molar-refractivity contribution in [1.82, 2.24) is 19.9 Å². The Morgan fingerprint density at radius 2 is 1.52 bits per heavy atom. The van der Waals surface area contributed by atoms with Crippen LogP contribution < -0.4 is 24.4 Å². The van der Waals surface area contributed by atoms with Gasteiger partial charge in [0.15, 0.2) is 17.1 Å². The van der Waals surface area contributed by atoms with Crippen molar-refractivity contribution in [3.8, 4) is 39.5 Å². The van der Waals surface area contributed by atoms with Crippen LogP contribution in [-0.4, -0.2) is 62.1 Å². The number of anilines is 1. The Bertz CT molecular complexity index is 1240. The summed E-state index contributed by atoms with van der Waals surface area (Å²) in [6.07, 6.45) is 5.70. The first kappa shape index (κ1) is 21.1. The molecule has 1 fully saturated rings. The molecule has 8 nitrogen and oxygen atoms in total. The smallest absolute Gasteiger partial charge is 0.203 e. The number of hydrogen-bond donors (Lipinski definition) is 1. The molecule has 2 aromatic heterocycles. The number of nitrogens with zero attached hydrogens (tertiary/aromatic N) is 4. The molecule has 4 aromatic rings. The Labute approximate surface area is 192 Å². The fourth-order valence-electron chi connectivity index (χ4n) is 4.25. The average molecular weight is 446 g/mol. The van der Waals surface area contributed by atoms with Crippen molar-refractivity contribution in [2.45, 2.75) is 0 Å². The van der Waals surface area contributed by atoms with E-state index in [0.29, 0.717) is 17.2 Å². The molecule has 0 bridgehead atoms. The second-order valence-electron chi connectivity index (χ2n) is 7.87. The second kappa shape index (κ2) is 8.99. The van der Waals surface area contributed by atoms with E-state index < -0.39 is 0 Å². The Morgan fingerprint density at radius 1 is 0.818 bits per heavy atom. The van der Waals surface area contributed by atoms with E-state index in [2.05, 4.69) is 39.6 Å². The molecular weight excluding hydrogens is 418 g/mol. The lowest BCUT2D eigenvalue weighted by Crippen LogP contribution is -2.43. The fourth-order valence-corrected chi connectivity index (χ4v) is 4.25. The molecule has 33 heavy (non-hydrogen) atoms. The van der Waals surface area contributed by atoms with E-state index in [9.17, 15) is 0 Å². The number of piperazine rings is 1. The number of benzene rings is 2. The molecule has 1 saturated heterocycles. The minimum absolute atomic E-state index is 0.555. The molecule has 8 heteroatoms. The molecule has 2 aromatic carbocycles. The zero-order valence-corrected chi connectivity index (χ0v) is 19.0. The molecule has 0 amide bonds. The lowest BCUT2D eigenvalue weighted by atomic mass is 10.1. The molecule has 0 atom stereocenters. The number of ether oxygens (including phenoxy) is 3. The lowest BCUT2D eigenvalue weighted by molar-refractivity contribution is 0.324. The molecular formula is C25H27N5O3. The maximum atomic E-state index is 5.50. The summed E-state index contributed by atoms with van der Waals surface area (Å²) in [4.78, 5) is 7.13. The number of nitrogens with one attached hydrogen (secondary N) is 1. The van der Waals surface area contributed by atoms with Crippen molar-refractivity contribution >= 4 is 11.3 Å². The van der Waals surface area contributed by atoms with Crippen molar-refractivity contribution in [3.05, 3.63) is 55.0 Å². The Kier molecular flexibility index (Phi) is 5.75. The van der Waals surface area contributed by atoms with Crippen LogP contribution in [0.5, 0.6) is 17.2 Å². The zero-order chi connectivity index (χ0) is 22.8. The van der Waals surface area contributed by atoms with Crippen LogP contribution in [0, 0.1) is 0 Å². The minimum atomic E-state index is 0.555. The summed E-state index contributed by atoms with van der Waals surface area (Å²) >= 11 is 0. The van der Waals surface area contributed by atoms with E-state index >= 15 is 0 Å². The fraction of sp³-hybridized carbons (Fsp3) is 0.280. The van der Waals surface area contributed by atoms with Gasteiger partial charge in [-0.25, -0.2) is 9.50 Å². The topological polar surface area (TPSA) is 73.2 Å². The van der Waals surface area contributed by atoms with Crippen LogP contribution in [0.3, 0.4) is 0 Å². The van der Waals surface area contributed by atoms with Crippen LogP contribution in [-0.2, 0) is 0 Å². The van der Waals surface area contributed by atoms with Gasteiger partial charge in [-0.15, -0.1) is 0 Å². The molecule has 1 N–H and O–H groups in total. The highest BCUT2D eigenvalue weighted by Gasteiger charge is 2.17. The third kappa shape index (κ3) is 3.93. The summed E-state index contributed by atoms with van der Waals surface area (Å²) in [5.41, 5.74) is 5.89. The maximum Gasteiger partial charge on any atom is 0.203 e. The molecule has 0 radical (unpaired) electrons. The summed E-state index contributed by atoms with van der Waals surface area (Å²) in [7, 11) is 4.80. The predicted molar refractivity (Wildman–Crippen MR) is 129 cm³/mol. The third-order valence-corrected chi connectivity index (χ3v) is 6.01. The van der Waals surface area contributed by atoms with Gasteiger partial charge in [-0.05, 0) is 35.4 Å². The van der Waals surface area contributed by atoms with E-state index in [1.807, 2.05) is 24.5 Å². The van der Waals surface area contributed by atoms with E-state index in [-0.39, 0.29) is 0 Å². The van der Waals surface area contributed by atoms with Crippen LogP contribution in [0.25, 0.3) is 27.9 Å². The maximum absolute atomic E-state index is 5.50. The van der Waals surface area contributed by atoms with Gasteiger partial charge >= 0.3 is 0 Å². The molecule has 0 aliphatic carbocycles. The summed E-state index contributed by atoms with van der Waals surface area (Å²) in [6, 6.07) is 12.4. The average Bonchev–Trinajstić information content (AvgIpc) is 3.31. The lowest BCUT2D eigenvalue weighted by Gasteiger charge is -2.29. The van der Waals surface area contributed by atoms with Crippen LogP contribution in [0.1, 0.15) is 0 Å². The van der Waals surface area contributed by atoms with E-state index in [1.165, 1.54) is 5.69 Å². The van der Waals surface area contributed by atoms with Gasteiger partial charge in [0, 0.05) is 55.4 Å². The van der Waals surface area contributed by atoms with E-state index in [0.717, 1.165) is 54.1 Å². The Hall–Kier alpha value is -3.78. The molecule has 0 spiro atoms. The highest BCUT2D eigenvalue weighted by Crippen LogP contribution is 2.41. The normalized spacial score (nSPS) is 13.8. The summed E-state index contributed by atoms with van der Waals surface area (Å²) < 4.78 is 18.2. The molecule has 1 aliphatic heterocycles. The molecule has 0 saturated carbocycles. The van der Waals surface area contributed by atoms with Crippen LogP contribution in [0.15, 0.2) is 55.0 Å². The SMILES string of the molecule is COc1cc(-c2cnn3cc(-c4ccc(N5CCNCC5)cc4)cnc23)cc(OC)c1OC. The largest absolute Gasteiger partial charge is 0.493 e. The first-order valence-electron chi connectivity index (χ1n) is 10.9. The summed E-state index contributed by atoms with van der Waals surface area (Å²) in [5, 5.41) is 7.94. The van der Waals surface area contributed by atoms with Gasteiger partial charge < -0.3 is 24.4 Å². The summed E-state index contributed by atoms with van der Waals surface area (Å²) in [6.45, 7) is 4.11. The zero-order valence-electron chi connectivity index (χ0n) is 19.0. The standard InChI is InChI=1S/C25H27N5O3/c1-31-22-12-18(13-23(32-2)24(22)33-3)21-15-28-30-16-19(14-27-25(21)30)17-4-6-20(7-5-17)29-10-8-26-9-11-29/h4-7,12-16,26H,8-11H2,1-3H3. The van der Waals surface area contributed by atoms with Gasteiger partial charge in [0.25, 0.3) is 0 Å². The first-order valence-corrected chi connectivity index (χ1v) is 10.9.